The van der Waals surface area contributed by atoms with Crippen molar-refractivity contribution >= 4 is 34.9 Å². The lowest BCUT2D eigenvalue weighted by atomic mass is 9.85. The van der Waals surface area contributed by atoms with E-state index in [2.05, 4.69) is 5.32 Å². The second-order valence-electron chi connectivity index (χ2n) is 7.97. The highest BCUT2D eigenvalue weighted by molar-refractivity contribution is 6.30. The first-order valence-corrected chi connectivity index (χ1v) is 10.6. The molecule has 2 aliphatic rings. The Balaban J connectivity index is 1.54. The zero-order valence-corrected chi connectivity index (χ0v) is 17.4. The first kappa shape index (κ1) is 19.8. The van der Waals surface area contributed by atoms with Crippen LogP contribution in [0.1, 0.15) is 36.8 Å². The number of rotatable bonds is 5. The molecule has 0 aromatic heterocycles. The van der Waals surface area contributed by atoms with Crippen molar-refractivity contribution in [1.82, 2.24) is 4.90 Å². The molecular formula is C23H26ClN3O2. The predicted molar refractivity (Wildman–Crippen MR) is 116 cm³/mol. The third-order valence-electron chi connectivity index (χ3n) is 5.77. The number of hydrogen-bond acceptors (Lipinski definition) is 2. The lowest BCUT2D eigenvalue weighted by Crippen LogP contribution is -2.49. The van der Waals surface area contributed by atoms with Crippen molar-refractivity contribution in [3.63, 3.8) is 0 Å². The molecule has 3 amide bonds. The molecule has 29 heavy (non-hydrogen) atoms. The van der Waals surface area contributed by atoms with E-state index in [-0.39, 0.29) is 17.9 Å². The van der Waals surface area contributed by atoms with Crippen LogP contribution in [0.15, 0.2) is 42.5 Å². The van der Waals surface area contributed by atoms with Gasteiger partial charge in [-0.2, -0.15) is 0 Å². The van der Waals surface area contributed by atoms with Gasteiger partial charge in [0.2, 0.25) is 5.91 Å². The van der Waals surface area contributed by atoms with Gasteiger partial charge in [0, 0.05) is 30.6 Å². The van der Waals surface area contributed by atoms with E-state index in [0.29, 0.717) is 24.7 Å². The van der Waals surface area contributed by atoms with Crippen LogP contribution in [-0.4, -0.2) is 29.9 Å². The Morgan fingerprint density at radius 1 is 1.10 bits per heavy atom. The molecule has 0 radical (unpaired) electrons. The quantitative estimate of drug-likeness (QED) is 0.733. The molecule has 4 rings (SSSR count). The molecule has 0 bridgehead atoms. The van der Waals surface area contributed by atoms with Gasteiger partial charge in [0.25, 0.3) is 0 Å². The Kier molecular flexibility index (Phi) is 5.76. The summed E-state index contributed by atoms with van der Waals surface area (Å²) < 4.78 is 0. The highest BCUT2D eigenvalue weighted by atomic mass is 35.5. The van der Waals surface area contributed by atoms with E-state index in [1.165, 1.54) is 0 Å². The van der Waals surface area contributed by atoms with Gasteiger partial charge < -0.3 is 10.2 Å². The molecule has 2 fully saturated rings. The first-order valence-electron chi connectivity index (χ1n) is 10.2. The van der Waals surface area contributed by atoms with Crippen molar-refractivity contribution in [3.05, 3.63) is 58.6 Å². The fourth-order valence-electron chi connectivity index (χ4n) is 3.85. The van der Waals surface area contributed by atoms with Crippen LogP contribution in [0, 0.1) is 12.8 Å². The van der Waals surface area contributed by atoms with Crippen LogP contribution in [0.4, 0.5) is 16.2 Å². The summed E-state index contributed by atoms with van der Waals surface area (Å²) >= 11 is 5.97. The number of carbonyl (C=O) groups is 2. The van der Waals surface area contributed by atoms with Gasteiger partial charge in [0.15, 0.2) is 0 Å². The van der Waals surface area contributed by atoms with Gasteiger partial charge in [0.1, 0.15) is 0 Å². The number of nitrogens with zero attached hydrogens (tertiary/aromatic N) is 2. The van der Waals surface area contributed by atoms with Crippen molar-refractivity contribution < 1.29 is 9.59 Å². The summed E-state index contributed by atoms with van der Waals surface area (Å²) in [4.78, 5) is 29.4. The summed E-state index contributed by atoms with van der Waals surface area (Å²) in [6.07, 6.45) is 3.89. The highest BCUT2D eigenvalue weighted by Crippen LogP contribution is 2.33. The number of anilines is 2. The third-order valence-corrected chi connectivity index (χ3v) is 6.03. The second kappa shape index (κ2) is 8.46. The molecule has 5 nitrogen and oxygen atoms in total. The highest BCUT2D eigenvalue weighted by Gasteiger charge is 2.30. The molecule has 152 valence electrons. The number of hydrogen-bond donors (Lipinski definition) is 1. The Bertz CT molecular complexity index is 909. The van der Waals surface area contributed by atoms with E-state index < -0.39 is 0 Å². The number of urea groups is 1. The maximum atomic E-state index is 13.2. The van der Waals surface area contributed by atoms with Crippen molar-refractivity contribution in [2.24, 2.45) is 5.92 Å². The summed E-state index contributed by atoms with van der Waals surface area (Å²) in [5.74, 6) is 0.160. The minimum Gasteiger partial charge on any atom is -0.324 e. The van der Waals surface area contributed by atoms with Crippen LogP contribution in [0.3, 0.4) is 0 Å². The SMILES string of the molecule is Cc1ccc(N2CCCN(Cc3ccc(Cl)cc3)C2=O)c(NC(=O)C2CCC2)c1. The summed E-state index contributed by atoms with van der Waals surface area (Å²) in [5, 5.41) is 3.76. The zero-order valence-electron chi connectivity index (χ0n) is 16.7. The topological polar surface area (TPSA) is 52.6 Å². The van der Waals surface area contributed by atoms with Crippen LogP contribution in [0.2, 0.25) is 5.02 Å². The van der Waals surface area contributed by atoms with E-state index in [9.17, 15) is 9.59 Å². The fourth-order valence-corrected chi connectivity index (χ4v) is 3.98. The van der Waals surface area contributed by atoms with Crippen LogP contribution in [0.25, 0.3) is 0 Å². The Labute approximate surface area is 176 Å². The molecule has 1 heterocycles. The average molecular weight is 412 g/mol. The van der Waals surface area contributed by atoms with E-state index in [1.54, 1.807) is 4.90 Å². The molecule has 1 aliphatic heterocycles. The van der Waals surface area contributed by atoms with E-state index in [0.717, 1.165) is 48.2 Å². The molecule has 0 spiro atoms. The fraction of sp³-hybridized carbons (Fsp3) is 0.391. The van der Waals surface area contributed by atoms with E-state index in [4.69, 9.17) is 11.6 Å². The second-order valence-corrected chi connectivity index (χ2v) is 8.41. The summed E-state index contributed by atoms with van der Waals surface area (Å²) in [7, 11) is 0. The largest absolute Gasteiger partial charge is 0.324 e. The van der Waals surface area contributed by atoms with Crippen molar-refractivity contribution in [3.8, 4) is 0 Å². The summed E-state index contributed by atoms with van der Waals surface area (Å²) in [6, 6.07) is 13.4. The molecule has 1 N–H and O–H groups in total. The van der Waals surface area contributed by atoms with Crippen LogP contribution >= 0.6 is 11.6 Å². The predicted octanol–water partition coefficient (Wildman–Crippen LogP) is 5.22. The van der Waals surface area contributed by atoms with Crippen LogP contribution in [0.5, 0.6) is 0 Å². The van der Waals surface area contributed by atoms with Crippen LogP contribution in [-0.2, 0) is 11.3 Å². The number of carbonyl (C=O) groups excluding carboxylic acids is 2. The van der Waals surface area contributed by atoms with E-state index >= 15 is 0 Å². The summed E-state index contributed by atoms with van der Waals surface area (Å²) in [6.45, 7) is 3.90. The third kappa shape index (κ3) is 4.40. The normalized spacial score (nSPS) is 17.2. The van der Waals surface area contributed by atoms with Crippen LogP contribution < -0.4 is 10.2 Å². The van der Waals surface area contributed by atoms with Crippen molar-refractivity contribution in [2.75, 3.05) is 23.3 Å². The van der Waals surface area contributed by atoms with Gasteiger partial charge in [-0.25, -0.2) is 4.79 Å². The molecule has 6 heteroatoms. The molecule has 0 atom stereocenters. The number of aryl methyl sites for hydroxylation is 1. The number of amides is 3. The van der Waals surface area contributed by atoms with E-state index in [1.807, 2.05) is 54.3 Å². The molecule has 0 unspecified atom stereocenters. The zero-order chi connectivity index (χ0) is 20.4. The Morgan fingerprint density at radius 3 is 2.55 bits per heavy atom. The summed E-state index contributed by atoms with van der Waals surface area (Å²) in [5.41, 5.74) is 3.60. The minimum atomic E-state index is -0.0332. The number of halogens is 1. The average Bonchev–Trinajstić information content (AvgIpc) is 2.64. The molecule has 1 saturated heterocycles. The van der Waals surface area contributed by atoms with Crippen molar-refractivity contribution in [1.29, 1.82) is 0 Å². The van der Waals surface area contributed by atoms with Gasteiger partial charge in [0.05, 0.1) is 11.4 Å². The van der Waals surface area contributed by atoms with Gasteiger partial charge in [-0.3, -0.25) is 9.69 Å². The number of nitrogens with one attached hydrogen (secondary N) is 1. The monoisotopic (exact) mass is 411 g/mol. The first-order chi connectivity index (χ1) is 14.0. The van der Waals surface area contributed by atoms with Crippen molar-refractivity contribution in [2.45, 2.75) is 39.2 Å². The standard InChI is InChI=1S/C23H26ClN3O2/c1-16-6-11-21(20(14-16)25-22(28)18-4-2-5-18)27-13-3-12-26(23(27)29)15-17-7-9-19(24)10-8-17/h6-11,14,18H,2-5,12-13,15H2,1H3,(H,25,28). The molecule has 1 saturated carbocycles. The van der Waals surface area contributed by atoms with Gasteiger partial charge in [-0.05, 0) is 61.6 Å². The molecule has 1 aliphatic carbocycles. The maximum absolute atomic E-state index is 13.2. The molecular weight excluding hydrogens is 386 g/mol. The number of benzene rings is 2. The van der Waals surface area contributed by atoms with Gasteiger partial charge >= 0.3 is 6.03 Å². The van der Waals surface area contributed by atoms with Gasteiger partial charge in [-0.1, -0.05) is 36.2 Å². The Hall–Kier alpha value is -2.53. The smallest absolute Gasteiger partial charge is 0.324 e. The Morgan fingerprint density at radius 2 is 1.86 bits per heavy atom. The lowest BCUT2D eigenvalue weighted by Gasteiger charge is -2.37. The lowest BCUT2D eigenvalue weighted by molar-refractivity contribution is -0.122. The molecule has 2 aromatic carbocycles. The molecule has 2 aromatic rings. The van der Waals surface area contributed by atoms with Gasteiger partial charge in [-0.15, -0.1) is 0 Å². The maximum Gasteiger partial charge on any atom is 0.324 e. The minimum absolute atomic E-state index is 0.0332.